The van der Waals surface area contributed by atoms with E-state index < -0.39 is 22.4 Å². The summed E-state index contributed by atoms with van der Waals surface area (Å²) in [4.78, 5) is 47.9. The van der Waals surface area contributed by atoms with Gasteiger partial charge in [0.05, 0.1) is 10.6 Å². The number of nitro benzene ring substituents is 1. The van der Waals surface area contributed by atoms with Crippen molar-refractivity contribution in [1.29, 1.82) is 0 Å². The van der Waals surface area contributed by atoms with Gasteiger partial charge in [-0.3, -0.25) is 19.7 Å². The quantitative estimate of drug-likeness (QED) is 0.393. The predicted molar refractivity (Wildman–Crippen MR) is 92.9 cm³/mol. The first-order valence-electron chi connectivity index (χ1n) is 7.76. The molecule has 8 nitrogen and oxygen atoms in total. The van der Waals surface area contributed by atoms with Gasteiger partial charge >= 0.3 is 6.03 Å². The molecule has 8 heteroatoms. The number of benzene rings is 2. The maximum absolute atomic E-state index is 12.9. The maximum Gasteiger partial charge on any atom is 0.329 e. The van der Waals surface area contributed by atoms with Gasteiger partial charge in [-0.15, -0.1) is 0 Å². The van der Waals surface area contributed by atoms with Crippen LogP contribution < -0.4 is 10.2 Å². The molecular formula is C18H15N3O5. The van der Waals surface area contributed by atoms with E-state index in [0.717, 1.165) is 4.90 Å². The number of carbonyl (C=O) groups is 3. The molecule has 3 amide bonds. The summed E-state index contributed by atoms with van der Waals surface area (Å²) >= 11 is 0. The van der Waals surface area contributed by atoms with E-state index in [9.17, 15) is 24.5 Å². The lowest BCUT2D eigenvalue weighted by molar-refractivity contribution is -0.384. The van der Waals surface area contributed by atoms with Crippen LogP contribution in [0, 0.1) is 10.1 Å². The van der Waals surface area contributed by atoms with Crippen molar-refractivity contribution >= 4 is 29.1 Å². The van der Waals surface area contributed by atoms with Gasteiger partial charge in [-0.2, -0.15) is 0 Å². The Labute approximate surface area is 148 Å². The molecule has 1 N–H and O–H groups in total. The normalized spacial score (nSPS) is 19.4. The number of hydrogen-bond donors (Lipinski definition) is 1. The van der Waals surface area contributed by atoms with Gasteiger partial charge in [0, 0.05) is 17.7 Å². The molecule has 0 spiro atoms. The summed E-state index contributed by atoms with van der Waals surface area (Å²) in [5.41, 5.74) is -0.206. The SMILES string of the molecule is CC(=O)c1ccc(N2C(=O)NC(C)(c3ccc([N+](=O)[O-])cc3)C2=O)cc1. The zero-order chi connectivity index (χ0) is 19.1. The van der Waals surface area contributed by atoms with Gasteiger partial charge in [-0.05, 0) is 55.8 Å². The van der Waals surface area contributed by atoms with Gasteiger partial charge in [-0.1, -0.05) is 0 Å². The molecule has 2 aromatic rings. The number of amides is 3. The van der Waals surface area contributed by atoms with Crippen molar-refractivity contribution in [2.75, 3.05) is 4.90 Å². The molecule has 1 aliphatic heterocycles. The maximum atomic E-state index is 12.9. The summed E-state index contributed by atoms with van der Waals surface area (Å²) in [7, 11) is 0. The molecule has 0 aliphatic carbocycles. The van der Waals surface area contributed by atoms with Crippen molar-refractivity contribution in [2.24, 2.45) is 0 Å². The number of urea groups is 1. The molecule has 26 heavy (non-hydrogen) atoms. The average molecular weight is 353 g/mol. The average Bonchev–Trinajstić information content (AvgIpc) is 2.85. The van der Waals surface area contributed by atoms with Crippen molar-refractivity contribution in [1.82, 2.24) is 5.32 Å². The highest BCUT2D eigenvalue weighted by molar-refractivity contribution is 6.23. The summed E-state index contributed by atoms with van der Waals surface area (Å²) in [6.07, 6.45) is 0. The van der Waals surface area contributed by atoms with Gasteiger partial charge in [0.1, 0.15) is 5.54 Å². The van der Waals surface area contributed by atoms with E-state index in [1.807, 2.05) is 0 Å². The molecule has 1 saturated heterocycles. The second kappa shape index (κ2) is 6.07. The molecule has 1 aliphatic rings. The minimum Gasteiger partial charge on any atom is -0.319 e. The Balaban J connectivity index is 1.94. The van der Waals surface area contributed by atoms with E-state index in [1.165, 1.54) is 43.3 Å². The lowest BCUT2D eigenvalue weighted by Gasteiger charge is -2.22. The van der Waals surface area contributed by atoms with E-state index in [0.29, 0.717) is 16.8 Å². The first-order valence-corrected chi connectivity index (χ1v) is 7.76. The summed E-state index contributed by atoms with van der Waals surface area (Å²) in [6.45, 7) is 2.96. The van der Waals surface area contributed by atoms with Crippen LogP contribution in [0.5, 0.6) is 0 Å². The van der Waals surface area contributed by atoms with Gasteiger partial charge in [0.25, 0.3) is 11.6 Å². The number of nitro groups is 1. The number of rotatable bonds is 4. The van der Waals surface area contributed by atoms with Gasteiger partial charge in [-0.25, -0.2) is 9.69 Å². The number of nitrogens with one attached hydrogen (secondary N) is 1. The summed E-state index contributed by atoms with van der Waals surface area (Å²) in [5.74, 6) is -0.628. The summed E-state index contributed by atoms with van der Waals surface area (Å²) in [6, 6.07) is 11.0. The van der Waals surface area contributed by atoms with Crippen LogP contribution in [0.2, 0.25) is 0 Å². The Bertz CT molecular complexity index is 921. The Morgan fingerprint density at radius 3 is 2.15 bits per heavy atom. The minimum atomic E-state index is -1.34. The van der Waals surface area contributed by atoms with E-state index in [1.54, 1.807) is 19.1 Å². The van der Waals surface area contributed by atoms with E-state index in [4.69, 9.17) is 0 Å². The molecule has 1 fully saturated rings. The van der Waals surface area contributed by atoms with Crippen LogP contribution >= 0.6 is 0 Å². The molecule has 1 unspecified atom stereocenters. The Hall–Kier alpha value is -3.55. The Kier molecular flexibility index (Phi) is 4.03. The predicted octanol–water partition coefficient (Wildman–Crippen LogP) is 2.77. The first-order chi connectivity index (χ1) is 12.2. The van der Waals surface area contributed by atoms with Crippen molar-refractivity contribution < 1.29 is 19.3 Å². The zero-order valence-corrected chi connectivity index (χ0v) is 14.1. The van der Waals surface area contributed by atoms with Crippen LogP contribution in [0.25, 0.3) is 0 Å². The third kappa shape index (κ3) is 2.71. The molecule has 1 atom stereocenters. The molecule has 0 bridgehead atoms. The monoisotopic (exact) mass is 353 g/mol. The van der Waals surface area contributed by atoms with Crippen LogP contribution in [-0.4, -0.2) is 22.6 Å². The fourth-order valence-corrected chi connectivity index (χ4v) is 2.83. The van der Waals surface area contributed by atoms with Gasteiger partial charge < -0.3 is 5.32 Å². The summed E-state index contributed by atoms with van der Waals surface area (Å²) in [5, 5.41) is 13.4. The number of imide groups is 1. The third-order valence-electron chi connectivity index (χ3n) is 4.38. The first kappa shape index (κ1) is 17.3. The molecular weight excluding hydrogens is 338 g/mol. The van der Waals surface area contributed by atoms with Crippen molar-refractivity contribution in [3.8, 4) is 0 Å². The van der Waals surface area contributed by atoms with Gasteiger partial charge in [0.15, 0.2) is 5.78 Å². The van der Waals surface area contributed by atoms with Crippen LogP contribution in [0.15, 0.2) is 48.5 Å². The van der Waals surface area contributed by atoms with E-state index in [2.05, 4.69) is 5.32 Å². The molecule has 0 radical (unpaired) electrons. The second-order valence-electron chi connectivity index (χ2n) is 6.10. The fourth-order valence-electron chi connectivity index (χ4n) is 2.83. The van der Waals surface area contributed by atoms with Crippen LogP contribution in [0.4, 0.5) is 16.2 Å². The lowest BCUT2D eigenvalue weighted by Crippen LogP contribution is -2.40. The van der Waals surface area contributed by atoms with E-state index in [-0.39, 0.29) is 11.5 Å². The molecule has 0 saturated carbocycles. The number of anilines is 1. The van der Waals surface area contributed by atoms with E-state index >= 15 is 0 Å². The summed E-state index contributed by atoms with van der Waals surface area (Å²) < 4.78 is 0. The topological polar surface area (TPSA) is 110 Å². The molecule has 0 aromatic heterocycles. The fraction of sp³-hybridized carbons (Fsp3) is 0.167. The zero-order valence-electron chi connectivity index (χ0n) is 14.1. The Morgan fingerprint density at radius 2 is 1.65 bits per heavy atom. The minimum absolute atomic E-state index is 0.106. The largest absolute Gasteiger partial charge is 0.329 e. The van der Waals surface area contributed by atoms with Crippen LogP contribution in [0.1, 0.15) is 29.8 Å². The van der Waals surface area contributed by atoms with Crippen LogP contribution in [-0.2, 0) is 10.3 Å². The highest BCUT2D eigenvalue weighted by Gasteiger charge is 2.49. The highest BCUT2D eigenvalue weighted by atomic mass is 16.6. The number of carbonyl (C=O) groups excluding carboxylic acids is 3. The van der Waals surface area contributed by atoms with Gasteiger partial charge in [0.2, 0.25) is 0 Å². The third-order valence-corrected chi connectivity index (χ3v) is 4.38. The highest BCUT2D eigenvalue weighted by Crippen LogP contribution is 2.33. The van der Waals surface area contributed by atoms with Crippen molar-refractivity contribution in [2.45, 2.75) is 19.4 Å². The van der Waals surface area contributed by atoms with Crippen molar-refractivity contribution in [3.05, 3.63) is 69.8 Å². The molecule has 2 aromatic carbocycles. The number of ketones is 1. The lowest BCUT2D eigenvalue weighted by atomic mass is 9.92. The van der Waals surface area contributed by atoms with Crippen molar-refractivity contribution in [3.63, 3.8) is 0 Å². The number of non-ortho nitro benzene ring substituents is 1. The standard InChI is InChI=1S/C18H15N3O5/c1-11(22)12-3-7-14(8-4-12)20-16(23)18(2,19-17(20)24)13-5-9-15(10-6-13)21(25)26/h3-10H,1-2H3,(H,19,24). The number of nitrogens with zero attached hydrogens (tertiary/aromatic N) is 2. The molecule has 3 rings (SSSR count). The van der Waals surface area contributed by atoms with Crippen LogP contribution in [0.3, 0.4) is 0 Å². The molecule has 132 valence electrons. The Morgan fingerprint density at radius 1 is 1.08 bits per heavy atom. The second-order valence-corrected chi connectivity index (χ2v) is 6.10. The number of hydrogen-bond acceptors (Lipinski definition) is 5. The number of Topliss-reactive ketones (excluding diaryl/α,β-unsaturated/α-hetero) is 1. The molecule has 1 heterocycles. The smallest absolute Gasteiger partial charge is 0.319 e.